The minimum atomic E-state index is -0.0844. The molecule has 1 amide bonds. The van der Waals surface area contributed by atoms with E-state index in [1.54, 1.807) is 20.4 Å². The SMILES string of the molecule is COc1ccccc1[C@@H]1C[C@H]1C(=O)Nc1cn(C)c(=O)cc1C. The second kappa shape index (κ2) is 5.91. The number of methoxy groups -OCH3 is 1. The van der Waals surface area contributed by atoms with E-state index in [0.29, 0.717) is 5.69 Å². The smallest absolute Gasteiger partial charge is 0.250 e. The molecule has 5 heteroatoms. The van der Waals surface area contributed by atoms with Gasteiger partial charge in [0.25, 0.3) is 5.56 Å². The molecule has 23 heavy (non-hydrogen) atoms. The number of carbonyl (C=O) groups excluding carboxylic acids is 1. The number of anilines is 1. The molecule has 1 heterocycles. The molecule has 1 aliphatic carbocycles. The molecule has 0 radical (unpaired) electrons. The quantitative estimate of drug-likeness (QED) is 0.943. The molecular formula is C18H20N2O3. The Morgan fingerprint density at radius 3 is 2.83 bits per heavy atom. The van der Waals surface area contributed by atoms with Crippen molar-refractivity contribution in [2.75, 3.05) is 12.4 Å². The minimum absolute atomic E-state index is 0.0114. The Kier molecular flexibility index (Phi) is 3.94. The van der Waals surface area contributed by atoms with E-state index in [0.717, 1.165) is 23.3 Å². The summed E-state index contributed by atoms with van der Waals surface area (Å²) in [4.78, 5) is 24.0. The topological polar surface area (TPSA) is 60.3 Å². The zero-order valence-electron chi connectivity index (χ0n) is 13.5. The number of ether oxygens (including phenoxy) is 1. The second-order valence-corrected chi connectivity index (χ2v) is 6.00. The highest BCUT2D eigenvalue weighted by Gasteiger charge is 2.45. The molecule has 0 aliphatic heterocycles. The summed E-state index contributed by atoms with van der Waals surface area (Å²) in [6, 6.07) is 9.34. The van der Waals surface area contributed by atoms with Gasteiger partial charge in [-0.3, -0.25) is 9.59 Å². The molecule has 1 saturated carbocycles. The summed E-state index contributed by atoms with van der Waals surface area (Å²) in [5.41, 5.74) is 2.45. The maximum atomic E-state index is 12.5. The summed E-state index contributed by atoms with van der Waals surface area (Å²) >= 11 is 0. The van der Waals surface area contributed by atoms with Gasteiger partial charge < -0.3 is 14.6 Å². The van der Waals surface area contributed by atoms with Gasteiger partial charge in [0.05, 0.1) is 12.8 Å². The summed E-state index contributed by atoms with van der Waals surface area (Å²) in [5, 5.41) is 2.94. The first-order valence-electron chi connectivity index (χ1n) is 7.62. The maximum absolute atomic E-state index is 12.5. The summed E-state index contributed by atoms with van der Waals surface area (Å²) in [6.45, 7) is 1.82. The number of carbonyl (C=O) groups is 1. The Hall–Kier alpha value is -2.56. The van der Waals surface area contributed by atoms with Crippen molar-refractivity contribution in [2.24, 2.45) is 13.0 Å². The van der Waals surface area contributed by atoms with Crippen LogP contribution in [0.15, 0.2) is 41.3 Å². The fraction of sp³-hybridized carbons (Fsp3) is 0.333. The van der Waals surface area contributed by atoms with E-state index >= 15 is 0 Å². The van der Waals surface area contributed by atoms with Gasteiger partial charge in [-0.25, -0.2) is 0 Å². The first-order chi connectivity index (χ1) is 11.0. The second-order valence-electron chi connectivity index (χ2n) is 6.00. The van der Waals surface area contributed by atoms with E-state index in [2.05, 4.69) is 5.32 Å². The van der Waals surface area contributed by atoms with E-state index in [4.69, 9.17) is 4.74 Å². The molecule has 0 unspecified atom stereocenters. The molecule has 1 aliphatic rings. The Morgan fingerprint density at radius 1 is 1.35 bits per heavy atom. The number of hydrogen-bond acceptors (Lipinski definition) is 3. The number of aryl methyl sites for hydroxylation is 2. The number of nitrogens with one attached hydrogen (secondary N) is 1. The summed E-state index contributed by atoms with van der Waals surface area (Å²) < 4.78 is 6.84. The van der Waals surface area contributed by atoms with Crippen LogP contribution in [0.3, 0.4) is 0 Å². The minimum Gasteiger partial charge on any atom is -0.496 e. The van der Waals surface area contributed by atoms with Gasteiger partial charge >= 0.3 is 0 Å². The lowest BCUT2D eigenvalue weighted by Gasteiger charge is -2.10. The van der Waals surface area contributed by atoms with E-state index < -0.39 is 0 Å². The first kappa shape index (κ1) is 15.3. The molecule has 2 aromatic rings. The molecule has 0 spiro atoms. The highest BCUT2D eigenvalue weighted by molar-refractivity contribution is 5.95. The standard InChI is InChI=1S/C18H20N2O3/c1-11-8-17(21)20(2)10-15(11)19-18(22)14-9-13(14)12-6-4-5-7-16(12)23-3/h4-8,10,13-14H,9H2,1-3H3,(H,19,22)/t13-,14+/m0/s1. The fourth-order valence-corrected chi connectivity index (χ4v) is 2.88. The van der Waals surface area contributed by atoms with Gasteiger partial charge in [-0.2, -0.15) is 0 Å². The largest absolute Gasteiger partial charge is 0.496 e. The van der Waals surface area contributed by atoms with Gasteiger partial charge in [-0.05, 0) is 36.5 Å². The van der Waals surface area contributed by atoms with Crippen LogP contribution in [-0.2, 0) is 11.8 Å². The normalized spacial score (nSPS) is 19.3. The highest BCUT2D eigenvalue weighted by atomic mass is 16.5. The number of pyridine rings is 1. The van der Waals surface area contributed by atoms with Crippen LogP contribution in [-0.4, -0.2) is 17.6 Å². The van der Waals surface area contributed by atoms with Gasteiger partial charge in [-0.1, -0.05) is 18.2 Å². The Morgan fingerprint density at radius 2 is 2.09 bits per heavy atom. The number of hydrogen-bond donors (Lipinski definition) is 1. The number of aromatic nitrogens is 1. The fourth-order valence-electron chi connectivity index (χ4n) is 2.88. The Balaban J connectivity index is 1.74. The van der Waals surface area contributed by atoms with Crippen molar-refractivity contribution in [1.29, 1.82) is 0 Å². The molecule has 1 N–H and O–H groups in total. The molecule has 120 valence electrons. The molecule has 5 nitrogen and oxygen atoms in total. The van der Waals surface area contributed by atoms with Crippen LogP contribution in [0.1, 0.15) is 23.5 Å². The molecule has 0 bridgehead atoms. The Bertz CT molecular complexity index is 810. The van der Waals surface area contributed by atoms with Crippen LogP contribution >= 0.6 is 0 Å². The van der Waals surface area contributed by atoms with Gasteiger partial charge in [0.15, 0.2) is 0 Å². The van der Waals surface area contributed by atoms with Crippen LogP contribution in [0.4, 0.5) is 5.69 Å². The number of benzene rings is 1. The van der Waals surface area contributed by atoms with Crippen molar-refractivity contribution in [3.8, 4) is 5.75 Å². The third kappa shape index (κ3) is 2.99. The number of para-hydroxylation sites is 1. The van der Waals surface area contributed by atoms with E-state index in [1.807, 2.05) is 31.2 Å². The van der Waals surface area contributed by atoms with Crippen molar-refractivity contribution >= 4 is 11.6 Å². The summed E-state index contributed by atoms with van der Waals surface area (Å²) in [6.07, 6.45) is 2.48. The zero-order valence-corrected chi connectivity index (χ0v) is 13.5. The average molecular weight is 312 g/mol. The Labute approximate surface area is 134 Å². The van der Waals surface area contributed by atoms with Crippen LogP contribution in [0, 0.1) is 12.8 Å². The van der Waals surface area contributed by atoms with E-state index in [1.165, 1.54) is 10.6 Å². The molecule has 0 saturated heterocycles. The zero-order chi connectivity index (χ0) is 16.6. The van der Waals surface area contributed by atoms with Gasteiger partial charge in [-0.15, -0.1) is 0 Å². The van der Waals surface area contributed by atoms with Crippen LogP contribution in [0.5, 0.6) is 5.75 Å². The first-order valence-corrected chi connectivity index (χ1v) is 7.62. The molecule has 3 rings (SSSR count). The van der Waals surface area contributed by atoms with Crippen molar-refractivity contribution in [3.05, 3.63) is 58.0 Å². The van der Waals surface area contributed by atoms with Crippen molar-refractivity contribution in [2.45, 2.75) is 19.3 Å². The van der Waals surface area contributed by atoms with E-state index in [-0.39, 0.29) is 23.3 Å². The van der Waals surface area contributed by atoms with Gasteiger partial charge in [0.1, 0.15) is 5.75 Å². The van der Waals surface area contributed by atoms with Crippen molar-refractivity contribution in [3.63, 3.8) is 0 Å². The van der Waals surface area contributed by atoms with Crippen LogP contribution < -0.4 is 15.6 Å². The third-order valence-corrected chi connectivity index (χ3v) is 4.36. The van der Waals surface area contributed by atoms with Crippen LogP contribution in [0.25, 0.3) is 0 Å². The van der Waals surface area contributed by atoms with Crippen molar-refractivity contribution in [1.82, 2.24) is 4.57 Å². The van der Waals surface area contributed by atoms with E-state index in [9.17, 15) is 9.59 Å². The summed E-state index contributed by atoms with van der Waals surface area (Å²) in [5.74, 6) is 0.954. The lowest BCUT2D eigenvalue weighted by Crippen LogP contribution is -2.20. The molecule has 2 atom stereocenters. The van der Waals surface area contributed by atoms with Crippen LogP contribution in [0.2, 0.25) is 0 Å². The molecular weight excluding hydrogens is 292 g/mol. The van der Waals surface area contributed by atoms with Gasteiger partial charge in [0, 0.05) is 25.2 Å². The average Bonchev–Trinajstić information content (AvgIpc) is 3.33. The maximum Gasteiger partial charge on any atom is 0.250 e. The number of rotatable bonds is 4. The highest BCUT2D eigenvalue weighted by Crippen LogP contribution is 2.50. The molecule has 1 aromatic carbocycles. The van der Waals surface area contributed by atoms with Crippen molar-refractivity contribution < 1.29 is 9.53 Å². The van der Waals surface area contributed by atoms with Gasteiger partial charge in [0.2, 0.25) is 5.91 Å². The third-order valence-electron chi connectivity index (χ3n) is 4.36. The summed E-state index contributed by atoms with van der Waals surface area (Å²) in [7, 11) is 3.32. The molecule has 1 aromatic heterocycles. The number of nitrogens with zero attached hydrogens (tertiary/aromatic N) is 1. The lowest BCUT2D eigenvalue weighted by molar-refractivity contribution is -0.117. The predicted octanol–water partition coefficient (Wildman–Crippen LogP) is 2.44. The predicted molar refractivity (Wildman–Crippen MR) is 88.9 cm³/mol. The monoisotopic (exact) mass is 312 g/mol. The molecule has 1 fully saturated rings. The number of amides is 1. The lowest BCUT2D eigenvalue weighted by atomic mass is 10.1.